The minimum atomic E-state index is -4.96. The summed E-state index contributed by atoms with van der Waals surface area (Å²) in [5, 5.41) is 11.9. The third kappa shape index (κ3) is 9.63. The highest BCUT2D eigenvalue weighted by Crippen LogP contribution is 2.35. The van der Waals surface area contributed by atoms with Crippen molar-refractivity contribution < 1.29 is 40.6 Å². The van der Waals surface area contributed by atoms with Gasteiger partial charge in [-0.05, 0) is 61.4 Å². The van der Waals surface area contributed by atoms with Gasteiger partial charge in [0.15, 0.2) is 0 Å². The third-order valence-corrected chi connectivity index (χ3v) is 5.81. The van der Waals surface area contributed by atoms with Crippen molar-refractivity contribution in [1.29, 1.82) is 5.26 Å². The molecule has 3 aromatic carbocycles. The SMILES string of the molecule is CCCC(=O)Nc1ccc(OCCCN(Cc2ccccc2OC(F)(F)F)c2ccc(C#N)c(C(F)(F)F)c2)cc1. The van der Waals surface area contributed by atoms with Crippen molar-refractivity contribution in [2.45, 2.75) is 45.3 Å². The summed E-state index contributed by atoms with van der Waals surface area (Å²) in [6, 6.07) is 16.7. The molecule has 0 bridgehead atoms. The summed E-state index contributed by atoms with van der Waals surface area (Å²) in [6.45, 7) is 1.93. The Hall–Kier alpha value is -4.40. The minimum Gasteiger partial charge on any atom is -0.494 e. The second-order valence-electron chi connectivity index (χ2n) is 8.94. The Morgan fingerprint density at radius 3 is 2.34 bits per heavy atom. The number of anilines is 2. The smallest absolute Gasteiger partial charge is 0.494 e. The maximum atomic E-state index is 13.6. The molecule has 0 aliphatic carbocycles. The van der Waals surface area contributed by atoms with Crippen molar-refractivity contribution in [3.8, 4) is 17.6 Å². The fourth-order valence-electron chi connectivity index (χ4n) is 3.96. The second kappa shape index (κ2) is 13.8. The molecular formula is C29H27F6N3O3. The number of alkyl halides is 6. The highest BCUT2D eigenvalue weighted by Gasteiger charge is 2.35. The summed E-state index contributed by atoms with van der Waals surface area (Å²) in [5.74, 6) is -0.0938. The van der Waals surface area contributed by atoms with Gasteiger partial charge in [-0.15, -0.1) is 13.2 Å². The number of carbonyl (C=O) groups excluding carboxylic acids is 1. The monoisotopic (exact) mass is 579 g/mol. The number of nitrogens with one attached hydrogen (secondary N) is 1. The molecule has 0 fully saturated rings. The largest absolute Gasteiger partial charge is 0.573 e. The molecule has 41 heavy (non-hydrogen) atoms. The molecule has 0 saturated carbocycles. The van der Waals surface area contributed by atoms with Crippen molar-refractivity contribution in [3.05, 3.63) is 83.4 Å². The molecule has 0 unspecified atom stereocenters. The lowest BCUT2D eigenvalue weighted by Crippen LogP contribution is -2.27. The molecule has 6 nitrogen and oxygen atoms in total. The van der Waals surface area contributed by atoms with E-state index < -0.39 is 29.4 Å². The van der Waals surface area contributed by atoms with Crippen molar-refractivity contribution >= 4 is 17.3 Å². The van der Waals surface area contributed by atoms with Crippen molar-refractivity contribution in [2.24, 2.45) is 0 Å². The number of carbonyl (C=O) groups is 1. The minimum absolute atomic E-state index is 0.0605. The van der Waals surface area contributed by atoms with Gasteiger partial charge in [0.2, 0.25) is 5.91 Å². The number of nitrogens with zero attached hydrogens (tertiary/aromatic N) is 2. The van der Waals surface area contributed by atoms with E-state index in [1.54, 1.807) is 24.3 Å². The maximum absolute atomic E-state index is 13.6. The summed E-state index contributed by atoms with van der Waals surface area (Å²) in [5.41, 5.74) is -0.956. The first-order valence-corrected chi connectivity index (χ1v) is 12.6. The Bertz CT molecular complexity index is 1350. The van der Waals surface area contributed by atoms with Crippen molar-refractivity contribution in [3.63, 3.8) is 0 Å². The predicted molar refractivity (Wildman–Crippen MR) is 140 cm³/mol. The van der Waals surface area contributed by atoms with Gasteiger partial charge in [-0.1, -0.05) is 25.1 Å². The van der Waals surface area contributed by atoms with Gasteiger partial charge in [-0.25, -0.2) is 0 Å². The summed E-state index contributed by atoms with van der Waals surface area (Å²) >= 11 is 0. The van der Waals surface area contributed by atoms with E-state index in [0.717, 1.165) is 18.2 Å². The molecule has 0 radical (unpaired) electrons. The van der Waals surface area contributed by atoms with Gasteiger partial charge in [0.05, 0.1) is 23.8 Å². The van der Waals surface area contributed by atoms with E-state index in [0.29, 0.717) is 30.7 Å². The standard InChI is InChI=1S/C29H27F6N3O3/c1-2-6-27(39)37-22-10-13-24(14-11-22)40-16-5-15-38(19-21-7-3-4-8-26(21)41-29(33,34)35)23-12-9-20(18-36)25(17-23)28(30,31)32/h3-4,7-14,17H,2,5-6,15-16,19H2,1H3,(H,37,39). The molecule has 3 rings (SSSR count). The van der Waals surface area contributed by atoms with Crippen LogP contribution in [0.1, 0.15) is 42.9 Å². The number of amides is 1. The summed E-state index contributed by atoms with van der Waals surface area (Å²) in [6.07, 6.45) is -8.37. The second-order valence-corrected chi connectivity index (χ2v) is 8.94. The quantitative estimate of drug-likeness (QED) is 0.176. The maximum Gasteiger partial charge on any atom is 0.573 e. The number of rotatable bonds is 12. The molecule has 1 N–H and O–H groups in total. The van der Waals surface area contributed by atoms with E-state index in [1.807, 2.05) is 6.92 Å². The molecule has 218 valence electrons. The molecule has 0 aliphatic heterocycles. The van der Waals surface area contributed by atoms with Crippen LogP contribution >= 0.6 is 0 Å². The van der Waals surface area contributed by atoms with Gasteiger partial charge in [0.25, 0.3) is 0 Å². The van der Waals surface area contributed by atoms with Crippen LogP contribution in [0.2, 0.25) is 0 Å². The first-order valence-electron chi connectivity index (χ1n) is 12.6. The first-order chi connectivity index (χ1) is 19.4. The summed E-state index contributed by atoms with van der Waals surface area (Å²) < 4.78 is 89.6. The summed E-state index contributed by atoms with van der Waals surface area (Å²) in [4.78, 5) is 13.2. The van der Waals surface area contributed by atoms with Crippen LogP contribution in [0.25, 0.3) is 0 Å². The van der Waals surface area contributed by atoms with E-state index in [4.69, 9.17) is 10.00 Å². The highest BCUT2D eigenvalue weighted by atomic mass is 19.4. The zero-order valence-electron chi connectivity index (χ0n) is 22.0. The molecule has 0 atom stereocenters. The average molecular weight is 580 g/mol. The number of hydrogen-bond donors (Lipinski definition) is 1. The topological polar surface area (TPSA) is 74.6 Å². The Labute approximate surface area is 233 Å². The normalized spacial score (nSPS) is 11.5. The molecule has 0 aliphatic rings. The first kappa shape index (κ1) is 31.1. The predicted octanol–water partition coefficient (Wildman–Crippen LogP) is 7.69. The van der Waals surface area contributed by atoms with Crippen LogP contribution in [0.15, 0.2) is 66.7 Å². The lowest BCUT2D eigenvalue weighted by Gasteiger charge is -2.27. The van der Waals surface area contributed by atoms with Crippen LogP contribution in [-0.2, 0) is 17.5 Å². The van der Waals surface area contributed by atoms with E-state index in [-0.39, 0.29) is 36.9 Å². The molecule has 12 heteroatoms. The Kier molecular flexibility index (Phi) is 10.5. The van der Waals surface area contributed by atoms with Crippen molar-refractivity contribution in [2.75, 3.05) is 23.4 Å². The zero-order valence-corrected chi connectivity index (χ0v) is 22.0. The van der Waals surface area contributed by atoms with Gasteiger partial charge < -0.3 is 19.7 Å². The van der Waals surface area contributed by atoms with E-state index >= 15 is 0 Å². The molecule has 0 spiro atoms. The number of halogens is 6. The lowest BCUT2D eigenvalue weighted by atomic mass is 10.1. The molecular weight excluding hydrogens is 552 g/mol. The van der Waals surface area contributed by atoms with Crippen LogP contribution < -0.4 is 19.7 Å². The van der Waals surface area contributed by atoms with Gasteiger partial charge >= 0.3 is 12.5 Å². The molecule has 0 saturated heterocycles. The number of para-hydroxylation sites is 1. The number of benzene rings is 3. The highest BCUT2D eigenvalue weighted by molar-refractivity contribution is 5.90. The Balaban J connectivity index is 1.77. The third-order valence-electron chi connectivity index (χ3n) is 5.81. The summed E-state index contributed by atoms with van der Waals surface area (Å²) in [7, 11) is 0. The van der Waals surface area contributed by atoms with Gasteiger partial charge in [-0.3, -0.25) is 4.79 Å². The van der Waals surface area contributed by atoms with Crippen LogP contribution in [0.3, 0.4) is 0 Å². The molecule has 0 heterocycles. The van der Waals surface area contributed by atoms with E-state index in [1.165, 1.54) is 35.2 Å². The van der Waals surface area contributed by atoms with Gasteiger partial charge in [0.1, 0.15) is 11.5 Å². The van der Waals surface area contributed by atoms with Crippen LogP contribution in [0.4, 0.5) is 37.7 Å². The fourth-order valence-corrected chi connectivity index (χ4v) is 3.96. The Morgan fingerprint density at radius 2 is 1.71 bits per heavy atom. The molecule has 0 aromatic heterocycles. The van der Waals surface area contributed by atoms with Gasteiger partial charge in [0, 0.05) is 36.4 Å². The van der Waals surface area contributed by atoms with E-state index in [9.17, 15) is 31.1 Å². The number of hydrogen-bond acceptors (Lipinski definition) is 5. The number of ether oxygens (including phenoxy) is 2. The fraction of sp³-hybridized carbons (Fsp3) is 0.310. The zero-order chi connectivity index (χ0) is 30.0. The van der Waals surface area contributed by atoms with Crippen LogP contribution in [0.5, 0.6) is 11.5 Å². The number of nitriles is 1. The van der Waals surface area contributed by atoms with E-state index in [2.05, 4.69) is 10.1 Å². The molecule has 3 aromatic rings. The van der Waals surface area contributed by atoms with Gasteiger partial charge in [-0.2, -0.15) is 18.4 Å². The Morgan fingerprint density at radius 1 is 1.00 bits per heavy atom. The van der Waals surface area contributed by atoms with Crippen molar-refractivity contribution in [1.82, 2.24) is 0 Å². The molecule has 1 amide bonds. The van der Waals surface area contributed by atoms with Crippen LogP contribution in [0, 0.1) is 11.3 Å². The lowest BCUT2D eigenvalue weighted by molar-refractivity contribution is -0.274. The van der Waals surface area contributed by atoms with Crippen LogP contribution in [-0.4, -0.2) is 25.4 Å². The average Bonchev–Trinajstić information content (AvgIpc) is 2.90.